The number of carboxylic acids is 1. The highest BCUT2D eigenvalue weighted by Gasteiger charge is 2.39. The van der Waals surface area contributed by atoms with Gasteiger partial charge in [0.1, 0.15) is 42.3 Å². The Morgan fingerprint density at radius 2 is 1.25 bits per heavy atom. The third-order valence-electron chi connectivity index (χ3n) is 9.52. The molecule has 334 valence electrons. The quantitative estimate of drug-likeness (QED) is 0.0390. The van der Waals surface area contributed by atoms with Gasteiger partial charge in [-0.25, -0.2) is 0 Å². The maximum Gasteiger partial charge on any atom is 0.325 e. The number of nitrogens with one attached hydrogen (secondary N) is 7. The lowest BCUT2D eigenvalue weighted by atomic mass is 10.0. The van der Waals surface area contributed by atoms with Crippen molar-refractivity contribution >= 4 is 53.2 Å². The standard InChI is InChI=1S/C38H60N10O12/c1-22(38(59)60)42-36(57)30-14-9-17-48(30)37(58)26(12-6-7-15-39)44-34(55)28(20-49)47-33(54)27(18-24-10-4-3-5-11-24)45-35(56)29(21-50)46-32(53)25(13-8-16-40)43-31(52)19-41-23(2)51/h3-5,10-11,22,25-30,49-50H,6-9,12-21,39-40H2,1-2H3,(H,41,51)(H,42,57)(H,43,52)(H,44,55)(H,45,56)(H,46,53)(H,47,54)(H,59,60)/t22-,25-,26-,27-,28-,29-,30-/m0/s1. The summed E-state index contributed by atoms with van der Waals surface area (Å²) in [5.41, 5.74) is 11.8. The van der Waals surface area contributed by atoms with Crippen LogP contribution in [0.25, 0.3) is 0 Å². The molecule has 1 aromatic rings. The first-order valence-electron chi connectivity index (χ1n) is 19.8. The third-order valence-corrected chi connectivity index (χ3v) is 9.52. The van der Waals surface area contributed by atoms with Crippen LogP contribution >= 0.6 is 0 Å². The molecule has 0 bridgehead atoms. The number of carbonyl (C=O) groups is 9. The fourth-order valence-electron chi connectivity index (χ4n) is 6.20. The summed E-state index contributed by atoms with van der Waals surface area (Å²) in [6, 6.07) is -0.974. The number of hydrogen-bond acceptors (Lipinski definition) is 13. The minimum atomic E-state index is -1.65. The number of amides is 8. The fourth-order valence-corrected chi connectivity index (χ4v) is 6.20. The molecule has 0 spiro atoms. The van der Waals surface area contributed by atoms with Crippen LogP contribution in [0.1, 0.15) is 64.4 Å². The minimum absolute atomic E-state index is 0.0526. The highest BCUT2D eigenvalue weighted by atomic mass is 16.4. The summed E-state index contributed by atoms with van der Waals surface area (Å²) in [6.07, 6.45) is 1.83. The lowest BCUT2D eigenvalue weighted by Crippen LogP contribution is -2.61. The zero-order valence-corrected chi connectivity index (χ0v) is 33.9. The summed E-state index contributed by atoms with van der Waals surface area (Å²) in [7, 11) is 0. The molecule has 8 amide bonds. The van der Waals surface area contributed by atoms with Crippen molar-refractivity contribution in [2.75, 3.05) is 39.4 Å². The number of hydrogen-bond donors (Lipinski definition) is 12. The van der Waals surface area contributed by atoms with Gasteiger partial charge in [0.2, 0.25) is 47.3 Å². The zero-order chi connectivity index (χ0) is 44.8. The second-order valence-electron chi connectivity index (χ2n) is 14.3. The molecular formula is C38H60N10O12. The van der Waals surface area contributed by atoms with E-state index in [0.717, 1.165) is 0 Å². The van der Waals surface area contributed by atoms with E-state index in [9.17, 15) is 58.5 Å². The van der Waals surface area contributed by atoms with E-state index in [1.54, 1.807) is 30.3 Å². The predicted octanol–water partition coefficient (Wildman–Crippen LogP) is -4.78. The molecule has 1 fully saturated rings. The Morgan fingerprint density at radius 1 is 0.717 bits per heavy atom. The van der Waals surface area contributed by atoms with Crippen LogP contribution in [-0.4, -0.2) is 155 Å². The van der Waals surface area contributed by atoms with Gasteiger partial charge in [-0.15, -0.1) is 0 Å². The number of carbonyl (C=O) groups excluding carboxylic acids is 8. The number of nitrogens with two attached hydrogens (primary N) is 2. The Balaban J connectivity index is 2.27. The second kappa shape index (κ2) is 26.4. The first-order valence-corrected chi connectivity index (χ1v) is 19.8. The van der Waals surface area contributed by atoms with E-state index in [1.807, 2.05) is 0 Å². The van der Waals surface area contributed by atoms with E-state index >= 15 is 0 Å². The third kappa shape index (κ3) is 16.9. The molecule has 1 saturated heterocycles. The molecule has 1 aromatic carbocycles. The maximum absolute atomic E-state index is 13.8. The van der Waals surface area contributed by atoms with Crippen molar-refractivity contribution in [3.05, 3.63) is 35.9 Å². The van der Waals surface area contributed by atoms with Crippen molar-refractivity contribution in [1.82, 2.24) is 42.1 Å². The van der Waals surface area contributed by atoms with Crippen LogP contribution < -0.4 is 48.7 Å². The molecule has 60 heavy (non-hydrogen) atoms. The molecule has 14 N–H and O–H groups in total. The van der Waals surface area contributed by atoms with E-state index in [2.05, 4.69) is 37.2 Å². The zero-order valence-electron chi connectivity index (χ0n) is 33.9. The van der Waals surface area contributed by atoms with Gasteiger partial charge in [0.15, 0.2) is 0 Å². The number of unbranched alkanes of at least 4 members (excludes halogenated alkanes) is 1. The molecule has 0 saturated carbocycles. The number of benzene rings is 1. The van der Waals surface area contributed by atoms with E-state index < -0.39 is 115 Å². The molecule has 22 nitrogen and oxygen atoms in total. The van der Waals surface area contributed by atoms with Gasteiger partial charge in [-0.3, -0.25) is 43.2 Å². The topological polar surface area (TPSA) is 354 Å². The number of nitrogens with zero attached hydrogens (tertiary/aromatic N) is 1. The summed E-state index contributed by atoms with van der Waals surface area (Å²) in [5, 5.41) is 46.5. The Morgan fingerprint density at radius 3 is 1.80 bits per heavy atom. The number of carboxylic acid groups (broad SMARTS) is 1. The Hall–Kier alpha value is -5.71. The van der Waals surface area contributed by atoms with E-state index in [4.69, 9.17) is 11.5 Å². The van der Waals surface area contributed by atoms with Crippen molar-refractivity contribution in [2.45, 2.75) is 108 Å². The van der Waals surface area contributed by atoms with Gasteiger partial charge in [-0.05, 0) is 70.5 Å². The summed E-state index contributed by atoms with van der Waals surface area (Å²) < 4.78 is 0. The molecule has 0 radical (unpaired) electrons. The fraction of sp³-hybridized carbons (Fsp3) is 0.605. The molecule has 22 heteroatoms. The normalized spacial score (nSPS) is 16.4. The second-order valence-corrected chi connectivity index (χ2v) is 14.3. The number of aliphatic hydroxyl groups excluding tert-OH is 2. The van der Waals surface area contributed by atoms with Crippen LogP contribution in [-0.2, 0) is 49.6 Å². The molecule has 0 unspecified atom stereocenters. The first kappa shape index (κ1) is 50.4. The van der Waals surface area contributed by atoms with Crippen molar-refractivity contribution < 1.29 is 58.5 Å². The molecule has 1 aliphatic heterocycles. The molecule has 1 heterocycles. The maximum atomic E-state index is 13.8. The van der Waals surface area contributed by atoms with Gasteiger partial charge in [0, 0.05) is 19.9 Å². The van der Waals surface area contributed by atoms with Gasteiger partial charge >= 0.3 is 5.97 Å². The van der Waals surface area contributed by atoms with Gasteiger partial charge in [-0.1, -0.05) is 30.3 Å². The lowest BCUT2D eigenvalue weighted by Gasteiger charge is -2.30. The number of aliphatic carboxylic acids is 1. The highest BCUT2D eigenvalue weighted by molar-refractivity contribution is 5.98. The van der Waals surface area contributed by atoms with Gasteiger partial charge in [0.05, 0.1) is 19.8 Å². The van der Waals surface area contributed by atoms with Gasteiger partial charge in [0.25, 0.3) is 0 Å². The van der Waals surface area contributed by atoms with E-state index in [-0.39, 0.29) is 45.3 Å². The smallest absolute Gasteiger partial charge is 0.325 e. The molecular weight excluding hydrogens is 788 g/mol. The van der Waals surface area contributed by atoms with Crippen LogP contribution in [0.5, 0.6) is 0 Å². The largest absolute Gasteiger partial charge is 0.480 e. The highest BCUT2D eigenvalue weighted by Crippen LogP contribution is 2.20. The predicted molar refractivity (Wildman–Crippen MR) is 214 cm³/mol. The molecule has 0 aromatic heterocycles. The monoisotopic (exact) mass is 848 g/mol. The first-order chi connectivity index (χ1) is 28.6. The van der Waals surface area contributed by atoms with Crippen LogP contribution in [0.15, 0.2) is 30.3 Å². The minimum Gasteiger partial charge on any atom is -0.480 e. The number of likely N-dealkylation sites (tertiary alicyclic amines) is 1. The van der Waals surface area contributed by atoms with Crippen molar-refractivity contribution in [3.63, 3.8) is 0 Å². The average molecular weight is 849 g/mol. The van der Waals surface area contributed by atoms with Crippen LogP contribution in [0.3, 0.4) is 0 Å². The number of rotatable bonds is 26. The van der Waals surface area contributed by atoms with Crippen molar-refractivity contribution in [3.8, 4) is 0 Å². The van der Waals surface area contributed by atoms with Crippen LogP contribution in [0, 0.1) is 0 Å². The van der Waals surface area contributed by atoms with E-state index in [0.29, 0.717) is 31.2 Å². The van der Waals surface area contributed by atoms with Crippen LogP contribution in [0.4, 0.5) is 0 Å². The molecule has 7 atom stereocenters. The lowest BCUT2D eigenvalue weighted by molar-refractivity contribution is -0.144. The Labute approximate surface area is 347 Å². The molecule has 2 rings (SSSR count). The van der Waals surface area contributed by atoms with Gasteiger partial charge < -0.3 is 68.9 Å². The molecule has 1 aliphatic rings. The van der Waals surface area contributed by atoms with E-state index in [1.165, 1.54) is 18.7 Å². The summed E-state index contributed by atoms with van der Waals surface area (Å²) in [5.74, 6) is -7.54. The summed E-state index contributed by atoms with van der Waals surface area (Å²) in [6.45, 7) is 0.788. The number of aliphatic hydroxyl groups is 2. The Kier molecular flexibility index (Phi) is 22.2. The van der Waals surface area contributed by atoms with Crippen LogP contribution in [0.2, 0.25) is 0 Å². The van der Waals surface area contributed by atoms with Crippen molar-refractivity contribution in [2.24, 2.45) is 11.5 Å². The SMILES string of the molecule is CC(=O)NCC(=O)N[C@@H](CCCN)C(=O)N[C@@H](CO)C(=O)N[C@@H](Cc1ccccc1)C(=O)N[C@@H](CO)C(=O)N[C@@H](CCCCN)C(=O)N1CCC[C@H]1C(=O)N[C@@H](C)C(=O)O. The summed E-state index contributed by atoms with van der Waals surface area (Å²) in [4.78, 5) is 117. The van der Waals surface area contributed by atoms with Crippen molar-refractivity contribution in [1.29, 1.82) is 0 Å². The van der Waals surface area contributed by atoms with Gasteiger partial charge in [-0.2, -0.15) is 0 Å². The average Bonchev–Trinajstić information content (AvgIpc) is 3.72. The Bertz CT molecular complexity index is 1630. The summed E-state index contributed by atoms with van der Waals surface area (Å²) >= 11 is 0. The molecule has 0 aliphatic carbocycles.